The summed E-state index contributed by atoms with van der Waals surface area (Å²) < 4.78 is 17.2. The number of anilines is 3. The topological polar surface area (TPSA) is 142 Å². The van der Waals surface area contributed by atoms with Crippen LogP contribution in [-0.2, 0) is 4.74 Å². The number of aromatic nitrogens is 3. The fourth-order valence-electron chi connectivity index (χ4n) is 3.62. The maximum Gasteiger partial charge on any atom is 0.340 e. The lowest BCUT2D eigenvalue weighted by Crippen LogP contribution is -2.19. The Bertz CT molecular complexity index is 1380. The Balaban J connectivity index is 1.57. The molecule has 4 rings (SSSR count). The zero-order chi connectivity index (χ0) is 24.9. The molecular weight excluding hydrogens is 452 g/mol. The van der Waals surface area contributed by atoms with Gasteiger partial charge < -0.3 is 30.6 Å². The van der Waals surface area contributed by atoms with Gasteiger partial charge in [-0.25, -0.2) is 19.1 Å². The number of hydrogen-bond donors (Lipinski definition) is 3. The number of carbonyl (C=O) groups is 2. The summed E-state index contributed by atoms with van der Waals surface area (Å²) in [4.78, 5) is 29.1. The van der Waals surface area contributed by atoms with Crippen LogP contribution in [0.3, 0.4) is 0 Å². The van der Waals surface area contributed by atoms with Crippen LogP contribution in [-0.4, -0.2) is 47.4 Å². The van der Waals surface area contributed by atoms with E-state index in [1.165, 1.54) is 25.1 Å². The van der Waals surface area contributed by atoms with Crippen molar-refractivity contribution in [3.63, 3.8) is 0 Å². The van der Waals surface area contributed by atoms with Crippen molar-refractivity contribution in [1.29, 1.82) is 0 Å². The van der Waals surface area contributed by atoms with Crippen molar-refractivity contribution in [1.82, 2.24) is 14.6 Å². The van der Waals surface area contributed by atoms with Gasteiger partial charge in [0.15, 0.2) is 17.3 Å². The van der Waals surface area contributed by atoms with Crippen molar-refractivity contribution in [2.45, 2.75) is 6.92 Å². The lowest BCUT2D eigenvalue weighted by Gasteiger charge is -2.12. The molecule has 180 valence electrons. The summed E-state index contributed by atoms with van der Waals surface area (Å²) >= 11 is 0. The molecule has 2 aromatic carbocycles. The van der Waals surface area contributed by atoms with E-state index in [4.69, 9.17) is 19.9 Å². The maximum atomic E-state index is 12.6. The molecule has 0 unspecified atom stereocenters. The molecule has 0 aliphatic heterocycles. The predicted molar refractivity (Wildman–Crippen MR) is 131 cm³/mol. The van der Waals surface area contributed by atoms with E-state index in [9.17, 15) is 9.59 Å². The molecule has 2 heterocycles. The first kappa shape index (κ1) is 23.4. The Morgan fingerprint density at radius 3 is 2.37 bits per heavy atom. The fraction of sp³-hybridized carbons (Fsp3) is 0.167. The van der Waals surface area contributed by atoms with Crippen molar-refractivity contribution in [2.75, 3.05) is 37.2 Å². The zero-order valence-electron chi connectivity index (χ0n) is 19.4. The average Bonchev–Trinajstić information content (AvgIpc) is 3.25. The SMILES string of the molecule is CCOC(=O)c1cn2ncnc(N)c2c1-c1ccc(NC(=O)Nc2ccc(OC)c(OC)c2)cc1. The van der Waals surface area contributed by atoms with Gasteiger partial charge in [-0.05, 0) is 36.8 Å². The van der Waals surface area contributed by atoms with Gasteiger partial charge in [0.05, 0.1) is 26.4 Å². The second-order valence-electron chi connectivity index (χ2n) is 7.30. The van der Waals surface area contributed by atoms with Crippen LogP contribution in [0.2, 0.25) is 0 Å². The van der Waals surface area contributed by atoms with Gasteiger partial charge in [0.1, 0.15) is 11.8 Å². The van der Waals surface area contributed by atoms with Gasteiger partial charge in [-0.1, -0.05) is 12.1 Å². The monoisotopic (exact) mass is 476 g/mol. The van der Waals surface area contributed by atoms with E-state index in [0.717, 1.165) is 0 Å². The molecule has 0 spiro atoms. The van der Waals surface area contributed by atoms with Crippen molar-refractivity contribution in [3.05, 3.63) is 60.6 Å². The summed E-state index contributed by atoms with van der Waals surface area (Å²) in [7, 11) is 3.06. The average molecular weight is 476 g/mol. The summed E-state index contributed by atoms with van der Waals surface area (Å²) in [5, 5.41) is 9.66. The molecule has 11 heteroatoms. The Morgan fingerprint density at radius 2 is 1.69 bits per heavy atom. The number of amides is 2. The maximum absolute atomic E-state index is 12.6. The number of carbonyl (C=O) groups excluding carboxylic acids is 2. The van der Waals surface area contributed by atoms with Crippen LogP contribution in [0, 0.1) is 0 Å². The highest BCUT2D eigenvalue weighted by Gasteiger charge is 2.22. The lowest BCUT2D eigenvalue weighted by molar-refractivity contribution is 0.0527. The first-order valence-electron chi connectivity index (χ1n) is 10.6. The number of benzene rings is 2. The quantitative estimate of drug-likeness (QED) is 0.342. The number of methoxy groups -OCH3 is 2. The minimum atomic E-state index is -0.496. The number of nitrogens with two attached hydrogens (primary N) is 1. The molecule has 0 aliphatic rings. The van der Waals surface area contributed by atoms with Crippen molar-refractivity contribution in [3.8, 4) is 22.6 Å². The fourth-order valence-corrected chi connectivity index (χ4v) is 3.62. The van der Waals surface area contributed by atoms with Crippen LogP contribution in [0.25, 0.3) is 16.6 Å². The van der Waals surface area contributed by atoms with Crippen LogP contribution in [0.5, 0.6) is 11.5 Å². The molecule has 0 radical (unpaired) electrons. The second kappa shape index (κ2) is 10.00. The highest BCUT2D eigenvalue weighted by Crippen LogP contribution is 2.34. The van der Waals surface area contributed by atoms with Crippen LogP contribution in [0.4, 0.5) is 22.0 Å². The van der Waals surface area contributed by atoms with Gasteiger partial charge >= 0.3 is 12.0 Å². The smallest absolute Gasteiger partial charge is 0.340 e. The van der Waals surface area contributed by atoms with Crippen molar-refractivity contribution >= 4 is 34.7 Å². The number of urea groups is 1. The molecule has 4 aromatic rings. The second-order valence-corrected chi connectivity index (χ2v) is 7.30. The summed E-state index contributed by atoms with van der Waals surface area (Å²) in [5.74, 6) is 0.779. The number of nitrogen functional groups attached to an aromatic ring is 1. The van der Waals surface area contributed by atoms with Gasteiger partial charge in [0.25, 0.3) is 0 Å². The summed E-state index contributed by atoms with van der Waals surface area (Å²) in [6, 6.07) is 11.6. The molecule has 0 saturated heterocycles. The third-order valence-corrected chi connectivity index (χ3v) is 5.17. The Kier molecular flexibility index (Phi) is 6.67. The van der Waals surface area contributed by atoms with E-state index >= 15 is 0 Å². The highest BCUT2D eigenvalue weighted by atomic mass is 16.5. The van der Waals surface area contributed by atoms with Crippen LogP contribution in [0.15, 0.2) is 55.0 Å². The van der Waals surface area contributed by atoms with Crippen molar-refractivity contribution < 1.29 is 23.8 Å². The van der Waals surface area contributed by atoms with Gasteiger partial charge in [-0.3, -0.25) is 0 Å². The molecule has 0 saturated carbocycles. The first-order chi connectivity index (χ1) is 16.9. The van der Waals surface area contributed by atoms with E-state index in [-0.39, 0.29) is 12.4 Å². The van der Waals surface area contributed by atoms with Crippen LogP contribution < -0.4 is 25.8 Å². The summed E-state index contributed by atoms with van der Waals surface area (Å²) in [5.41, 5.74) is 9.18. The number of nitrogens with zero attached hydrogens (tertiary/aromatic N) is 3. The molecular formula is C24H24N6O5. The van der Waals surface area contributed by atoms with Gasteiger partial charge in [-0.15, -0.1) is 0 Å². The van der Waals surface area contributed by atoms with E-state index in [1.807, 2.05) is 0 Å². The minimum absolute atomic E-state index is 0.224. The van der Waals surface area contributed by atoms with Gasteiger partial charge in [0, 0.05) is 29.2 Å². The van der Waals surface area contributed by atoms with E-state index in [0.29, 0.717) is 45.1 Å². The third kappa shape index (κ3) is 4.78. The molecule has 0 atom stereocenters. The first-order valence-corrected chi connectivity index (χ1v) is 10.6. The normalized spacial score (nSPS) is 10.6. The van der Waals surface area contributed by atoms with E-state index in [1.54, 1.807) is 55.6 Å². The Hall–Kier alpha value is -4.80. The largest absolute Gasteiger partial charge is 0.493 e. The molecule has 0 fully saturated rings. The summed E-state index contributed by atoms with van der Waals surface area (Å²) in [6.07, 6.45) is 2.87. The molecule has 0 bridgehead atoms. The number of hydrogen-bond acceptors (Lipinski definition) is 8. The van der Waals surface area contributed by atoms with E-state index < -0.39 is 12.0 Å². The van der Waals surface area contributed by atoms with Crippen molar-refractivity contribution in [2.24, 2.45) is 0 Å². The number of nitrogens with one attached hydrogen (secondary N) is 2. The van der Waals surface area contributed by atoms with Gasteiger partial charge in [-0.2, -0.15) is 5.10 Å². The number of fused-ring (bicyclic) bond motifs is 1. The number of esters is 1. The Labute approximate surface area is 200 Å². The standard InChI is InChI=1S/C24H24N6O5/c1-4-35-23(31)17-12-30-21(22(25)26-13-27-30)20(17)14-5-7-15(8-6-14)28-24(32)29-16-9-10-18(33-2)19(11-16)34-3/h5-13H,4H2,1-3H3,(H2,25,26,27)(H2,28,29,32). The van der Waals surface area contributed by atoms with Crippen LogP contribution >= 0.6 is 0 Å². The third-order valence-electron chi connectivity index (χ3n) is 5.17. The highest BCUT2D eigenvalue weighted by molar-refractivity contribution is 6.05. The molecule has 2 aromatic heterocycles. The molecule has 0 aliphatic carbocycles. The molecule has 35 heavy (non-hydrogen) atoms. The zero-order valence-corrected chi connectivity index (χ0v) is 19.4. The number of ether oxygens (including phenoxy) is 3. The van der Waals surface area contributed by atoms with Gasteiger partial charge in [0.2, 0.25) is 0 Å². The number of rotatable bonds is 7. The predicted octanol–water partition coefficient (Wildman–Crippen LogP) is 3.82. The molecule has 2 amide bonds. The Morgan fingerprint density at radius 1 is 1.00 bits per heavy atom. The minimum Gasteiger partial charge on any atom is -0.493 e. The van der Waals surface area contributed by atoms with Crippen LogP contribution in [0.1, 0.15) is 17.3 Å². The molecule has 4 N–H and O–H groups in total. The lowest BCUT2D eigenvalue weighted by atomic mass is 10.0. The molecule has 11 nitrogen and oxygen atoms in total. The van der Waals surface area contributed by atoms with E-state index in [2.05, 4.69) is 20.7 Å². The summed E-state index contributed by atoms with van der Waals surface area (Å²) in [6.45, 7) is 1.96.